The summed E-state index contributed by atoms with van der Waals surface area (Å²) in [7, 11) is 0. The summed E-state index contributed by atoms with van der Waals surface area (Å²) in [6.45, 7) is 1.52. The first-order valence-corrected chi connectivity index (χ1v) is 7.93. The first-order valence-electron chi connectivity index (χ1n) is 6.85. The largest absolute Gasteiger partial charge is 0.395 e. The predicted octanol–water partition coefficient (Wildman–Crippen LogP) is 2.97. The van der Waals surface area contributed by atoms with Crippen LogP contribution in [0.3, 0.4) is 0 Å². The number of aliphatic hydroxyl groups excluding tert-OH is 1. The summed E-state index contributed by atoms with van der Waals surface area (Å²) in [5, 5.41) is 9.18. The third-order valence-electron chi connectivity index (χ3n) is 3.20. The zero-order chi connectivity index (χ0) is 15.1. The average molecular weight is 395 g/mol. The molecule has 0 aliphatic heterocycles. The lowest BCUT2D eigenvalue weighted by Gasteiger charge is -2.20. The zero-order valence-electron chi connectivity index (χ0n) is 11.7. The van der Waals surface area contributed by atoms with Gasteiger partial charge in [0.1, 0.15) is 0 Å². The summed E-state index contributed by atoms with van der Waals surface area (Å²) < 4.78 is 1.11. The molecule has 0 saturated heterocycles. The van der Waals surface area contributed by atoms with Crippen LogP contribution in [0.15, 0.2) is 54.6 Å². The van der Waals surface area contributed by atoms with Crippen molar-refractivity contribution in [1.82, 2.24) is 4.90 Å². The number of carbonyl (C=O) groups excluding carboxylic acids is 1. The lowest BCUT2D eigenvalue weighted by molar-refractivity contribution is 0.0908. The molecular formula is C17H18INO2. The van der Waals surface area contributed by atoms with E-state index in [4.69, 9.17) is 0 Å². The molecule has 110 valence electrons. The fraction of sp³-hybridized carbons (Fsp3) is 0.235. The molecule has 0 bridgehead atoms. The van der Waals surface area contributed by atoms with Crippen LogP contribution in [-0.4, -0.2) is 35.5 Å². The smallest absolute Gasteiger partial charge is 0.176 e. The molecule has 2 aromatic carbocycles. The van der Waals surface area contributed by atoms with E-state index >= 15 is 0 Å². The molecule has 2 aromatic rings. The molecule has 0 fully saturated rings. The maximum Gasteiger partial charge on any atom is 0.176 e. The Labute approximate surface area is 138 Å². The third kappa shape index (κ3) is 5.22. The van der Waals surface area contributed by atoms with Crippen LogP contribution in [0.2, 0.25) is 0 Å². The number of ketones is 1. The van der Waals surface area contributed by atoms with Crippen molar-refractivity contribution in [3.8, 4) is 0 Å². The van der Waals surface area contributed by atoms with Gasteiger partial charge in [0.15, 0.2) is 5.78 Å². The van der Waals surface area contributed by atoms with Gasteiger partial charge in [-0.1, -0.05) is 42.5 Å². The lowest BCUT2D eigenvalue weighted by atomic mass is 10.1. The molecule has 0 amide bonds. The molecule has 0 aliphatic carbocycles. The number of halogens is 1. The number of hydrogen-bond donors (Lipinski definition) is 1. The molecule has 0 aromatic heterocycles. The molecule has 0 unspecified atom stereocenters. The number of carbonyl (C=O) groups is 1. The Hall–Kier alpha value is -1.24. The molecule has 0 saturated carbocycles. The van der Waals surface area contributed by atoms with Crippen molar-refractivity contribution in [1.29, 1.82) is 0 Å². The quantitative estimate of drug-likeness (QED) is 0.579. The Morgan fingerprint density at radius 1 is 1.05 bits per heavy atom. The van der Waals surface area contributed by atoms with Crippen molar-refractivity contribution in [2.24, 2.45) is 0 Å². The van der Waals surface area contributed by atoms with E-state index in [0.29, 0.717) is 25.2 Å². The van der Waals surface area contributed by atoms with Gasteiger partial charge in [0.25, 0.3) is 0 Å². The Morgan fingerprint density at radius 2 is 1.71 bits per heavy atom. The number of rotatable bonds is 7. The summed E-state index contributed by atoms with van der Waals surface area (Å²) in [6, 6.07) is 17.5. The molecule has 0 spiro atoms. The number of benzene rings is 2. The van der Waals surface area contributed by atoms with Crippen LogP contribution in [-0.2, 0) is 6.54 Å². The SMILES string of the molecule is O=C(CN(CCO)Cc1ccccc1)c1ccc(I)cc1. The molecule has 0 radical (unpaired) electrons. The van der Waals surface area contributed by atoms with Gasteiger partial charge >= 0.3 is 0 Å². The first kappa shape index (κ1) is 16.1. The highest BCUT2D eigenvalue weighted by molar-refractivity contribution is 14.1. The van der Waals surface area contributed by atoms with Gasteiger partial charge in [-0.3, -0.25) is 9.69 Å². The topological polar surface area (TPSA) is 40.5 Å². The standard InChI is InChI=1S/C17H18INO2/c18-16-8-6-15(7-9-16)17(21)13-19(10-11-20)12-14-4-2-1-3-5-14/h1-9,20H,10-13H2. The van der Waals surface area contributed by atoms with Crippen molar-refractivity contribution in [2.45, 2.75) is 6.54 Å². The third-order valence-corrected chi connectivity index (χ3v) is 3.92. The van der Waals surface area contributed by atoms with Crippen molar-refractivity contribution < 1.29 is 9.90 Å². The Balaban J connectivity index is 2.02. The van der Waals surface area contributed by atoms with Crippen LogP contribution in [0.5, 0.6) is 0 Å². The molecule has 0 heterocycles. The van der Waals surface area contributed by atoms with Crippen molar-refractivity contribution >= 4 is 28.4 Å². The van der Waals surface area contributed by atoms with Crippen molar-refractivity contribution in [3.63, 3.8) is 0 Å². The van der Waals surface area contributed by atoms with E-state index in [1.54, 1.807) is 0 Å². The second-order valence-corrected chi connectivity index (χ2v) is 6.10. The molecule has 2 rings (SSSR count). The molecular weight excluding hydrogens is 377 g/mol. The minimum absolute atomic E-state index is 0.0484. The summed E-state index contributed by atoms with van der Waals surface area (Å²) >= 11 is 2.22. The highest BCUT2D eigenvalue weighted by atomic mass is 127. The van der Waals surface area contributed by atoms with E-state index in [1.807, 2.05) is 59.5 Å². The maximum atomic E-state index is 12.3. The van der Waals surface area contributed by atoms with Gasteiger partial charge in [-0.05, 0) is 40.3 Å². The fourth-order valence-corrected chi connectivity index (χ4v) is 2.49. The van der Waals surface area contributed by atoms with E-state index in [2.05, 4.69) is 22.6 Å². The van der Waals surface area contributed by atoms with E-state index in [-0.39, 0.29) is 12.4 Å². The van der Waals surface area contributed by atoms with Gasteiger partial charge in [0.05, 0.1) is 13.2 Å². The zero-order valence-corrected chi connectivity index (χ0v) is 13.9. The molecule has 3 nitrogen and oxygen atoms in total. The molecule has 4 heteroatoms. The number of hydrogen-bond acceptors (Lipinski definition) is 3. The van der Waals surface area contributed by atoms with Crippen molar-refractivity contribution in [3.05, 3.63) is 69.3 Å². The van der Waals surface area contributed by atoms with Gasteiger partial charge in [-0.25, -0.2) is 0 Å². The lowest BCUT2D eigenvalue weighted by Crippen LogP contribution is -2.32. The molecule has 0 atom stereocenters. The van der Waals surface area contributed by atoms with E-state index in [1.165, 1.54) is 0 Å². The summed E-state index contributed by atoms with van der Waals surface area (Å²) in [5.41, 5.74) is 1.85. The Bertz CT molecular complexity index is 569. The maximum absolute atomic E-state index is 12.3. The van der Waals surface area contributed by atoms with Crippen LogP contribution in [0, 0.1) is 3.57 Å². The molecule has 21 heavy (non-hydrogen) atoms. The van der Waals surface area contributed by atoms with Gasteiger partial charge < -0.3 is 5.11 Å². The second kappa shape index (κ2) is 8.26. The van der Waals surface area contributed by atoms with Gasteiger partial charge in [0.2, 0.25) is 0 Å². The predicted molar refractivity (Wildman–Crippen MR) is 92.3 cm³/mol. The van der Waals surface area contributed by atoms with Crippen LogP contribution in [0.25, 0.3) is 0 Å². The van der Waals surface area contributed by atoms with Gasteiger partial charge in [-0.15, -0.1) is 0 Å². The van der Waals surface area contributed by atoms with Gasteiger partial charge in [0, 0.05) is 22.2 Å². The number of nitrogens with zero attached hydrogens (tertiary/aromatic N) is 1. The number of aliphatic hydroxyl groups is 1. The average Bonchev–Trinajstić information content (AvgIpc) is 2.49. The number of Topliss-reactive ketones (excluding diaryl/α,β-unsaturated/α-hetero) is 1. The summed E-state index contributed by atoms with van der Waals surface area (Å²) in [5.74, 6) is 0.0794. The normalized spacial score (nSPS) is 10.8. The van der Waals surface area contributed by atoms with Crippen molar-refractivity contribution in [2.75, 3.05) is 19.7 Å². The second-order valence-electron chi connectivity index (χ2n) is 4.85. The Kier molecular flexibility index (Phi) is 6.35. The summed E-state index contributed by atoms with van der Waals surface area (Å²) in [6.07, 6.45) is 0. The highest BCUT2D eigenvalue weighted by Gasteiger charge is 2.12. The Morgan fingerprint density at radius 3 is 2.33 bits per heavy atom. The van der Waals surface area contributed by atoms with Crippen LogP contribution in [0.4, 0.5) is 0 Å². The summed E-state index contributed by atoms with van der Waals surface area (Å²) in [4.78, 5) is 14.3. The fourth-order valence-electron chi connectivity index (χ4n) is 2.13. The van der Waals surface area contributed by atoms with Gasteiger partial charge in [-0.2, -0.15) is 0 Å². The van der Waals surface area contributed by atoms with Crippen LogP contribution in [0.1, 0.15) is 15.9 Å². The van der Waals surface area contributed by atoms with Crippen LogP contribution >= 0.6 is 22.6 Å². The molecule has 0 aliphatic rings. The first-order chi connectivity index (χ1) is 10.2. The monoisotopic (exact) mass is 395 g/mol. The van der Waals surface area contributed by atoms with E-state index in [9.17, 15) is 9.90 Å². The minimum atomic E-state index is 0.0484. The highest BCUT2D eigenvalue weighted by Crippen LogP contribution is 2.10. The molecule has 1 N–H and O–H groups in total. The van der Waals surface area contributed by atoms with E-state index < -0.39 is 0 Å². The van der Waals surface area contributed by atoms with Crippen LogP contribution < -0.4 is 0 Å². The van der Waals surface area contributed by atoms with E-state index in [0.717, 1.165) is 9.13 Å². The minimum Gasteiger partial charge on any atom is -0.395 e.